The number of hydrogen-bond acceptors (Lipinski definition) is 3. The van der Waals surface area contributed by atoms with Crippen molar-refractivity contribution in [2.24, 2.45) is 5.16 Å². The standard InChI is InChI=1S/C6H5BrN2O/c7-6-3-1-2-5(9-6)4-8-10/h1-4,10H. The summed E-state index contributed by atoms with van der Waals surface area (Å²) in [5.41, 5.74) is 0.622. The molecule has 0 bridgehead atoms. The first-order chi connectivity index (χ1) is 4.83. The molecule has 1 N–H and O–H groups in total. The molecule has 0 amide bonds. The Morgan fingerprint density at radius 3 is 3.00 bits per heavy atom. The first-order valence-corrected chi connectivity index (χ1v) is 3.42. The molecule has 0 saturated heterocycles. The van der Waals surface area contributed by atoms with Gasteiger partial charge in [-0.15, -0.1) is 0 Å². The molecule has 52 valence electrons. The van der Waals surface area contributed by atoms with Crippen LogP contribution in [0, 0.1) is 0 Å². The molecule has 0 aliphatic carbocycles. The zero-order valence-electron chi connectivity index (χ0n) is 5.03. The van der Waals surface area contributed by atoms with Gasteiger partial charge in [-0.1, -0.05) is 11.2 Å². The van der Waals surface area contributed by atoms with Gasteiger partial charge in [-0.25, -0.2) is 4.98 Å². The van der Waals surface area contributed by atoms with Crippen molar-refractivity contribution in [1.82, 2.24) is 4.98 Å². The predicted octanol–water partition coefficient (Wildman–Crippen LogP) is 1.65. The molecule has 1 aromatic heterocycles. The molecule has 1 aromatic rings. The summed E-state index contributed by atoms with van der Waals surface area (Å²) in [6.07, 6.45) is 1.27. The van der Waals surface area contributed by atoms with Gasteiger partial charge in [-0.05, 0) is 28.1 Å². The minimum Gasteiger partial charge on any atom is -0.411 e. The van der Waals surface area contributed by atoms with Gasteiger partial charge in [0.2, 0.25) is 0 Å². The number of aromatic nitrogens is 1. The molecule has 0 aliphatic rings. The Kier molecular flexibility index (Phi) is 2.39. The first-order valence-electron chi connectivity index (χ1n) is 2.63. The summed E-state index contributed by atoms with van der Waals surface area (Å²) in [7, 11) is 0. The lowest BCUT2D eigenvalue weighted by Gasteiger charge is -1.89. The Hall–Kier alpha value is -0.900. The minimum absolute atomic E-state index is 0.622. The summed E-state index contributed by atoms with van der Waals surface area (Å²) in [5, 5.41) is 11.0. The van der Waals surface area contributed by atoms with Crippen LogP contribution in [-0.4, -0.2) is 16.4 Å². The number of oxime groups is 1. The van der Waals surface area contributed by atoms with E-state index in [2.05, 4.69) is 26.1 Å². The van der Waals surface area contributed by atoms with E-state index in [-0.39, 0.29) is 0 Å². The van der Waals surface area contributed by atoms with Crippen LogP contribution in [0.3, 0.4) is 0 Å². The van der Waals surface area contributed by atoms with E-state index in [0.29, 0.717) is 5.69 Å². The molecular formula is C6H5BrN2O. The van der Waals surface area contributed by atoms with Crippen LogP contribution in [0.2, 0.25) is 0 Å². The molecule has 3 nitrogen and oxygen atoms in total. The Morgan fingerprint density at radius 2 is 2.40 bits per heavy atom. The van der Waals surface area contributed by atoms with E-state index in [9.17, 15) is 0 Å². The molecule has 0 aliphatic heterocycles. The highest BCUT2D eigenvalue weighted by Gasteiger charge is 1.89. The second-order valence-electron chi connectivity index (χ2n) is 1.63. The van der Waals surface area contributed by atoms with Crippen molar-refractivity contribution in [2.75, 3.05) is 0 Å². The van der Waals surface area contributed by atoms with Gasteiger partial charge in [0.15, 0.2) is 0 Å². The third kappa shape index (κ3) is 1.80. The van der Waals surface area contributed by atoms with Gasteiger partial charge in [0.25, 0.3) is 0 Å². The van der Waals surface area contributed by atoms with Gasteiger partial charge in [-0.2, -0.15) is 0 Å². The summed E-state index contributed by atoms with van der Waals surface area (Å²) in [4.78, 5) is 3.97. The van der Waals surface area contributed by atoms with Gasteiger partial charge >= 0.3 is 0 Å². The SMILES string of the molecule is ON=Cc1cccc(Br)n1. The zero-order valence-corrected chi connectivity index (χ0v) is 6.62. The number of nitrogens with zero attached hydrogens (tertiary/aromatic N) is 2. The highest BCUT2D eigenvalue weighted by atomic mass is 79.9. The maximum atomic E-state index is 8.12. The van der Waals surface area contributed by atoms with Crippen molar-refractivity contribution < 1.29 is 5.21 Å². The largest absolute Gasteiger partial charge is 0.411 e. The lowest BCUT2D eigenvalue weighted by molar-refractivity contribution is 0.321. The fourth-order valence-electron chi connectivity index (χ4n) is 0.555. The van der Waals surface area contributed by atoms with E-state index in [1.54, 1.807) is 12.1 Å². The van der Waals surface area contributed by atoms with Crippen molar-refractivity contribution in [3.63, 3.8) is 0 Å². The molecule has 0 unspecified atom stereocenters. The fourth-order valence-corrected chi connectivity index (χ4v) is 0.912. The number of hydrogen-bond donors (Lipinski definition) is 1. The lowest BCUT2D eigenvalue weighted by atomic mass is 10.4. The van der Waals surface area contributed by atoms with Crippen LogP contribution in [-0.2, 0) is 0 Å². The highest BCUT2D eigenvalue weighted by Crippen LogP contribution is 2.04. The van der Waals surface area contributed by atoms with Gasteiger partial charge in [-0.3, -0.25) is 0 Å². The molecule has 0 saturated carbocycles. The third-order valence-corrected chi connectivity index (χ3v) is 1.37. The summed E-state index contributed by atoms with van der Waals surface area (Å²) in [6.45, 7) is 0. The molecule has 0 aromatic carbocycles. The molecular weight excluding hydrogens is 196 g/mol. The smallest absolute Gasteiger partial charge is 0.106 e. The van der Waals surface area contributed by atoms with Crippen LogP contribution in [0.5, 0.6) is 0 Å². The van der Waals surface area contributed by atoms with Crippen molar-refractivity contribution in [3.8, 4) is 0 Å². The maximum absolute atomic E-state index is 8.12. The van der Waals surface area contributed by atoms with E-state index < -0.39 is 0 Å². The van der Waals surface area contributed by atoms with Gasteiger partial charge in [0.1, 0.15) is 4.60 Å². The quantitative estimate of drug-likeness (QED) is 0.325. The van der Waals surface area contributed by atoms with Crippen LogP contribution in [0.1, 0.15) is 5.69 Å². The van der Waals surface area contributed by atoms with Gasteiger partial charge in [0, 0.05) is 0 Å². The van der Waals surface area contributed by atoms with Crippen LogP contribution in [0.15, 0.2) is 28.0 Å². The summed E-state index contributed by atoms with van der Waals surface area (Å²) in [6, 6.07) is 5.35. The second kappa shape index (κ2) is 3.31. The van der Waals surface area contributed by atoms with E-state index in [0.717, 1.165) is 4.60 Å². The molecule has 0 radical (unpaired) electrons. The number of halogens is 1. The average Bonchev–Trinajstić information content (AvgIpc) is 1.88. The Balaban J connectivity index is 2.95. The number of rotatable bonds is 1. The third-order valence-electron chi connectivity index (χ3n) is 0.927. The normalized spacial score (nSPS) is 10.5. The van der Waals surface area contributed by atoms with Crippen molar-refractivity contribution in [3.05, 3.63) is 28.5 Å². The Labute approximate surface area is 66.5 Å². The van der Waals surface area contributed by atoms with Crippen LogP contribution >= 0.6 is 15.9 Å². The van der Waals surface area contributed by atoms with Crippen LogP contribution in [0.25, 0.3) is 0 Å². The lowest BCUT2D eigenvalue weighted by Crippen LogP contribution is -1.85. The molecule has 10 heavy (non-hydrogen) atoms. The highest BCUT2D eigenvalue weighted by molar-refractivity contribution is 9.10. The summed E-state index contributed by atoms with van der Waals surface area (Å²) < 4.78 is 0.727. The van der Waals surface area contributed by atoms with Crippen molar-refractivity contribution in [1.29, 1.82) is 0 Å². The first kappa shape index (κ1) is 7.21. The second-order valence-corrected chi connectivity index (χ2v) is 2.44. The average molecular weight is 201 g/mol. The van der Waals surface area contributed by atoms with Gasteiger partial charge < -0.3 is 5.21 Å². The molecule has 1 rings (SSSR count). The van der Waals surface area contributed by atoms with Gasteiger partial charge in [0.05, 0.1) is 11.9 Å². The van der Waals surface area contributed by atoms with Crippen molar-refractivity contribution in [2.45, 2.75) is 0 Å². The van der Waals surface area contributed by atoms with Crippen LogP contribution < -0.4 is 0 Å². The molecule has 0 fully saturated rings. The van der Waals surface area contributed by atoms with E-state index in [4.69, 9.17) is 5.21 Å². The maximum Gasteiger partial charge on any atom is 0.106 e. The topological polar surface area (TPSA) is 45.5 Å². The molecule has 1 heterocycles. The molecule has 0 atom stereocenters. The Morgan fingerprint density at radius 1 is 1.60 bits per heavy atom. The van der Waals surface area contributed by atoms with Crippen LogP contribution in [0.4, 0.5) is 0 Å². The summed E-state index contributed by atoms with van der Waals surface area (Å²) >= 11 is 3.18. The summed E-state index contributed by atoms with van der Waals surface area (Å²) in [5.74, 6) is 0. The predicted molar refractivity (Wildman–Crippen MR) is 41.3 cm³/mol. The number of pyridine rings is 1. The zero-order chi connectivity index (χ0) is 7.40. The Bertz CT molecular complexity index is 249. The van der Waals surface area contributed by atoms with E-state index >= 15 is 0 Å². The molecule has 0 spiro atoms. The van der Waals surface area contributed by atoms with E-state index in [1.165, 1.54) is 6.21 Å². The fraction of sp³-hybridized carbons (Fsp3) is 0. The van der Waals surface area contributed by atoms with E-state index in [1.807, 2.05) is 6.07 Å². The monoisotopic (exact) mass is 200 g/mol. The minimum atomic E-state index is 0.622. The molecule has 4 heteroatoms. The van der Waals surface area contributed by atoms with Crippen molar-refractivity contribution >= 4 is 22.1 Å².